The third kappa shape index (κ3) is 3.29. The first-order valence-corrected chi connectivity index (χ1v) is 8.52. The molecule has 1 unspecified atom stereocenters. The molecule has 2 rings (SSSR count). The van der Waals surface area contributed by atoms with Crippen molar-refractivity contribution in [3.8, 4) is 0 Å². The summed E-state index contributed by atoms with van der Waals surface area (Å²) in [6, 6.07) is 7.84. The Kier molecular flexibility index (Phi) is 4.01. The molecule has 0 bridgehead atoms. The second-order valence-corrected chi connectivity index (χ2v) is 7.51. The highest BCUT2D eigenvalue weighted by molar-refractivity contribution is 7.90. The van der Waals surface area contributed by atoms with E-state index in [1.807, 2.05) is 12.1 Å². The standard InChI is InChI=1S/C12H16N2O2S2/c1-18(15,16)8-10(14-13)6-9-7-17-12-5-3-2-4-11(9)12/h2-5,7,10,14H,6,8,13H2,1H3. The van der Waals surface area contributed by atoms with E-state index in [1.54, 1.807) is 11.3 Å². The molecule has 6 heteroatoms. The molecule has 0 aliphatic rings. The summed E-state index contributed by atoms with van der Waals surface area (Å²) in [5.74, 6) is 5.48. The molecular weight excluding hydrogens is 268 g/mol. The fraction of sp³-hybridized carbons (Fsp3) is 0.333. The number of hydrogen-bond donors (Lipinski definition) is 2. The van der Waals surface area contributed by atoms with Gasteiger partial charge in [-0.3, -0.25) is 11.3 Å². The van der Waals surface area contributed by atoms with Gasteiger partial charge in [-0.1, -0.05) is 18.2 Å². The molecular formula is C12H16N2O2S2. The van der Waals surface area contributed by atoms with Crippen LogP contribution in [0, 0.1) is 0 Å². The number of nitrogens with two attached hydrogens (primary N) is 1. The number of benzene rings is 1. The van der Waals surface area contributed by atoms with Crippen molar-refractivity contribution < 1.29 is 8.42 Å². The fourth-order valence-corrected chi connectivity index (χ4v) is 3.91. The zero-order chi connectivity index (χ0) is 13.2. The van der Waals surface area contributed by atoms with Gasteiger partial charge in [0.25, 0.3) is 0 Å². The lowest BCUT2D eigenvalue weighted by molar-refractivity contribution is 0.547. The summed E-state index contributed by atoms with van der Waals surface area (Å²) >= 11 is 1.67. The quantitative estimate of drug-likeness (QED) is 0.641. The van der Waals surface area contributed by atoms with E-state index in [9.17, 15) is 8.42 Å². The van der Waals surface area contributed by atoms with Gasteiger partial charge in [-0.25, -0.2) is 8.42 Å². The molecule has 2 aromatic rings. The third-order valence-corrected chi connectivity index (χ3v) is 4.79. The molecule has 0 saturated heterocycles. The van der Waals surface area contributed by atoms with Crippen LogP contribution in [0.25, 0.3) is 10.1 Å². The van der Waals surface area contributed by atoms with Crippen molar-refractivity contribution in [1.29, 1.82) is 0 Å². The number of rotatable bonds is 5. The Bertz CT molecular complexity index is 634. The van der Waals surface area contributed by atoms with Crippen LogP contribution in [-0.2, 0) is 16.3 Å². The Morgan fingerprint density at radius 1 is 1.39 bits per heavy atom. The lowest BCUT2D eigenvalue weighted by atomic mass is 10.1. The van der Waals surface area contributed by atoms with Crippen LogP contribution in [-0.4, -0.2) is 26.5 Å². The summed E-state index contributed by atoms with van der Waals surface area (Å²) < 4.78 is 23.8. The summed E-state index contributed by atoms with van der Waals surface area (Å²) in [5.41, 5.74) is 3.73. The molecule has 0 radical (unpaired) electrons. The number of nitrogens with one attached hydrogen (secondary N) is 1. The van der Waals surface area contributed by atoms with Gasteiger partial charge in [0.2, 0.25) is 0 Å². The second kappa shape index (κ2) is 5.36. The molecule has 0 aliphatic heterocycles. The van der Waals surface area contributed by atoms with Gasteiger partial charge >= 0.3 is 0 Å². The van der Waals surface area contributed by atoms with E-state index >= 15 is 0 Å². The predicted octanol–water partition coefficient (Wildman–Crippen LogP) is 1.32. The minimum Gasteiger partial charge on any atom is -0.271 e. The Morgan fingerprint density at radius 2 is 2.11 bits per heavy atom. The van der Waals surface area contributed by atoms with Crippen LogP contribution in [0.5, 0.6) is 0 Å². The highest BCUT2D eigenvalue weighted by Crippen LogP contribution is 2.26. The van der Waals surface area contributed by atoms with Gasteiger partial charge in [0.15, 0.2) is 0 Å². The number of thiophene rings is 1. The molecule has 0 aliphatic carbocycles. The third-order valence-electron chi connectivity index (χ3n) is 2.77. The number of hydrogen-bond acceptors (Lipinski definition) is 5. The fourth-order valence-electron chi connectivity index (χ4n) is 1.99. The van der Waals surface area contributed by atoms with E-state index in [0.717, 1.165) is 5.56 Å². The summed E-state index contributed by atoms with van der Waals surface area (Å²) in [6.45, 7) is 0. The summed E-state index contributed by atoms with van der Waals surface area (Å²) in [6.07, 6.45) is 1.84. The van der Waals surface area contributed by atoms with Gasteiger partial charge in [-0.05, 0) is 28.8 Å². The zero-order valence-corrected chi connectivity index (χ0v) is 11.7. The lowest BCUT2D eigenvalue weighted by Crippen LogP contribution is -2.41. The second-order valence-electron chi connectivity index (χ2n) is 4.42. The molecule has 1 aromatic heterocycles. The summed E-state index contributed by atoms with van der Waals surface area (Å²) in [7, 11) is -3.03. The molecule has 3 N–H and O–H groups in total. The topological polar surface area (TPSA) is 72.2 Å². The van der Waals surface area contributed by atoms with Gasteiger partial charge in [-0.2, -0.15) is 0 Å². The van der Waals surface area contributed by atoms with Gasteiger partial charge in [-0.15, -0.1) is 11.3 Å². The van der Waals surface area contributed by atoms with Gasteiger partial charge in [0.05, 0.1) is 5.75 Å². The van der Waals surface area contributed by atoms with Crippen LogP contribution >= 0.6 is 11.3 Å². The SMILES string of the molecule is CS(=O)(=O)CC(Cc1csc2ccccc12)NN. The average molecular weight is 284 g/mol. The van der Waals surface area contributed by atoms with Crippen molar-refractivity contribution in [2.45, 2.75) is 12.5 Å². The maximum Gasteiger partial charge on any atom is 0.149 e. The zero-order valence-electron chi connectivity index (χ0n) is 10.1. The Balaban J connectivity index is 2.22. The first kappa shape index (κ1) is 13.5. The lowest BCUT2D eigenvalue weighted by Gasteiger charge is -2.14. The molecule has 1 atom stereocenters. The van der Waals surface area contributed by atoms with Crippen molar-refractivity contribution in [2.75, 3.05) is 12.0 Å². The molecule has 1 heterocycles. The van der Waals surface area contributed by atoms with E-state index < -0.39 is 9.84 Å². The largest absolute Gasteiger partial charge is 0.271 e. The van der Waals surface area contributed by atoms with Crippen LogP contribution in [0.2, 0.25) is 0 Å². The number of sulfone groups is 1. The molecule has 98 valence electrons. The van der Waals surface area contributed by atoms with E-state index in [0.29, 0.717) is 6.42 Å². The minimum atomic E-state index is -3.03. The molecule has 1 aromatic carbocycles. The van der Waals surface area contributed by atoms with E-state index in [-0.39, 0.29) is 11.8 Å². The molecule has 0 fully saturated rings. The van der Waals surface area contributed by atoms with Crippen molar-refractivity contribution >= 4 is 31.3 Å². The maximum atomic E-state index is 11.3. The van der Waals surface area contributed by atoms with E-state index in [1.165, 1.54) is 16.3 Å². The first-order chi connectivity index (χ1) is 8.49. The monoisotopic (exact) mass is 284 g/mol. The molecule has 4 nitrogen and oxygen atoms in total. The Labute approximate surface area is 111 Å². The van der Waals surface area contributed by atoms with Crippen LogP contribution in [0.3, 0.4) is 0 Å². The van der Waals surface area contributed by atoms with Gasteiger partial charge < -0.3 is 0 Å². The smallest absolute Gasteiger partial charge is 0.149 e. The predicted molar refractivity (Wildman–Crippen MR) is 76.4 cm³/mol. The number of fused-ring (bicyclic) bond motifs is 1. The highest BCUT2D eigenvalue weighted by Gasteiger charge is 2.16. The van der Waals surface area contributed by atoms with Crippen LogP contribution in [0.15, 0.2) is 29.6 Å². The van der Waals surface area contributed by atoms with E-state index in [4.69, 9.17) is 5.84 Å². The van der Waals surface area contributed by atoms with Crippen LogP contribution in [0.4, 0.5) is 0 Å². The maximum absolute atomic E-state index is 11.3. The molecule has 0 saturated carbocycles. The average Bonchev–Trinajstić information content (AvgIpc) is 2.70. The molecule has 18 heavy (non-hydrogen) atoms. The van der Waals surface area contributed by atoms with Crippen molar-refractivity contribution in [2.24, 2.45) is 5.84 Å². The number of hydrazine groups is 1. The van der Waals surface area contributed by atoms with E-state index in [2.05, 4.69) is 22.9 Å². The van der Waals surface area contributed by atoms with Crippen LogP contribution in [0.1, 0.15) is 5.56 Å². The first-order valence-electron chi connectivity index (χ1n) is 5.58. The Morgan fingerprint density at radius 3 is 2.78 bits per heavy atom. The summed E-state index contributed by atoms with van der Waals surface area (Å²) in [4.78, 5) is 0. The van der Waals surface area contributed by atoms with Crippen molar-refractivity contribution in [1.82, 2.24) is 5.43 Å². The molecule has 0 amide bonds. The van der Waals surface area contributed by atoms with Crippen molar-refractivity contribution in [3.63, 3.8) is 0 Å². The normalized spacial score (nSPS) is 13.9. The minimum absolute atomic E-state index is 0.0493. The summed E-state index contributed by atoms with van der Waals surface area (Å²) in [5, 5.41) is 3.24. The van der Waals surface area contributed by atoms with Gasteiger partial charge in [0.1, 0.15) is 9.84 Å². The highest BCUT2D eigenvalue weighted by atomic mass is 32.2. The van der Waals surface area contributed by atoms with Gasteiger partial charge in [0, 0.05) is 17.0 Å². The van der Waals surface area contributed by atoms with Crippen LogP contribution < -0.4 is 11.3 Å². The molecule has 0 spiro atoms. The van der Waals surface area contributed by atoms with Crippen molar-refractivity contribution in [3.05, 3.63) is 35.2 Å². The Hall–Kier alpha value is -0.950.